The Labute approximate surface area is 105 Å². The fourth-order valence-electron chi connectivity index (χ4n) is 2.51. The maximum atomic E-state index is 2.32. The lowest BCUT2D eigenvalue weighted by molar-refractivity contribution is 1.17. The third kappa shape index (κ3) is 2.22. The van der Waals surface area contributed by atoms with Crippen LogP contribution in [0.5, 0.6) is 0 Å². The van der Waals surface area contributed by atoms with E-state index < -0.39 is 0 Å². The average Bonchev–Trinajstić information content (AvgIpc) is 2.74. The summed E-state index contributed by atoms with van der Waals surface area (Å²) in [4.78, 5) is 0. The van der Waals surface area contributed by atoms with E-state index >= 15 is 0 Å². The van der Waals surface area contributed by atoms with Gasteiger partial charge >= 0.3 is 0 Å². The van der Waals surface area contributed by atoms with E-state index in [1.54, 1.807) is 0 Å². The molecule has 90 valence electrons. The van der Waals surface area contributed by atoms with Crippen LogP contribution >= 0.6 is 0 Å². The van der Waals surface area contributed by atoms with Gasteiger partial charge in [0.15, 0.2) is 0 Å². The van der Waals surface area contributed by atoms with Crippen molar-refractivity contribution in [3.8, 4) is 0 Å². The molecule has 0 bridgehead atoms. The number of hydrogen-bond acceptors (Lipinski definition) is 0. The molecule has 0 fully saturated rings. The Balaban J connectivity index is 2.16. The summed E-state index contributed by atoms with van der Waals surface area (Å²) in [6.45, 7) is 11.1. The molecular weight excluding hydrogens is 204 g/mol. The van der Waals surface area contributed by atoms with Crippen molar-refractivity contribution in [2.45, 2.75) is 47.5 Å². The van der Waals surface area contributed by atoms with Crippen LogP contribution in [0.15, 0.2) is 57.2 Å². The zero-order chi connectivity index (χ0) is 12.6. The first-order chi connectivity index (χ1) is 8.00. The van der Waals surface area contributed by atoms with E-state index in [-0.39, 0.29) is 0 Å². The SMILES string of the molecule is CC1=CCC(/C=C/C2=C(C)C(C)=C(C)C2)=C1C. The molecule has 0 aliphatic heterocycles. The predicted octanol–water partition coefficient (Wildman–Crippen LogP) is 5.27. The van der Waals surface area contributed by atoms with Crippen LogP contribution in [-0.2, 0) is 0 Å². The summed E-state index contributed by atoms with van der Waals surface area (Å²) in [6.07, 6.45) is 9.19. The summed E-state index contributed by atoms with van der Waals surface area (Å²) in [5.41, 5.74) is 10.3. The van der Waals surface area contributed by atoms with Gasteiger partial charge in [0.05, 0.1) is 0 Å². The molecule has 0 heterocycles. The molecule has 0 amide bonds. The van der Waals surface area contributed by atoms with Gasteiger partial charge in [-0.05, 0) is 75.3 Å². The minimum Gasteiger partial charge on any atom is -0.0769 e. The summed E-state index contributed by atoms with van der Waals surface area (Å²) in [5.74, 6) is 0. The molecule has 0 nitrogen and oxygen atoms in total. The molecule has 2 rings (SSSR count). The van der Waals surface area contributed by atoms with Crippen molar-refractivity contribution in [3.05, 3.63) is 57.2 Å². The minimum atomic E-state index is 1.10. The van der Waals surface area contributed by atoms with Gasteiger partial charge in [-0.2, -0.15) is 0 Å². The highest BCUT2D eigenvalue weighted by Gasteiger charge is 2.13. The third-order valence-corrected chi connectivity index (χ3v) is 4.33. The van der Waals surface area contributed by atoms with Gasteiger partial charge in [0.1, 0.15) is 0 Å². The van der Waals surface area contributed by atoms with Gasteiger partial charge in [-0.1, -0.05) is 29.4 Å². The quantitative estimate of drug-likeness (QED) is 0.602. The molecule has 17 heavy (non-hydrogen) atoms. The standard InChI is InChI=1S/C17H22/c1-11-6-7-16(14(11)4)8-9-17-10-12(2)13(3)15(17)5/h6,8-9H,7,10H2,1-5H3/b9-8+. The average molecular weight is 226 g/mol. The number of allylic oxidation sites excluding steroid dienone is 10. The molecule has 0 heteroatoms. The summed E-state index contributed by atoms with van der Waals surface area (Å²) in [7, 11) is 0. The van der Waals surface area contributed by atoms with Crippen LogP contribution in [0.2, 0.25) is 0 Å². The van der Waals surface area contributed by atoms with Gasteiger partial charge in [-0.25, -0.2) is 0 Å². The molecule has 0 radical (unpaired) electrons. The van der Waals surface area contributed by atoms with Crippen molar-refractivity contribution < 1.29 is 0 Å². The topological polar surface area (TPSA) is 0 Å². The third-order valence-electron chi connectivity index (χ3n) is 4.33. The maximum Gasteiger partial charge on any atom is -0.00613 e. The molecule has 2 aliphatic rings. The Kier molecular flexibility index (Phi) is 3.24. The van der Waals surface area contributed by atoms with Gasteiger partial charge in [-0.15, -0.1) is 0 Å². The molecule has 0 aromatic rings. The van der Waals surface area contributed by atoms with Gasteiger partial charge in [-0.3, -0.25) is 0 Å². The van der Waals surface area contributed by atoms with Crippen molar-refractivity contribution in [2.75, 3.05) is 0 Å². The van der Waals surface area contributed by atoms with Crippen LogP contribution in [0.4, 0.5) is 0 Å². The predicted molar refractivity (Wildman–Crippen MR) is 75.9 cm³/mol. The van der Waals surface area contributed by atoms with E-state index in [2.05, 4.69) is 52.8 Å². The highest BCUT2D eigenvalue weighted by atomic mass is 14.2. The monoisotopic (exact) mass is 226 g/mol. The van der Waals surface area contributed by atoms with Crippen molar-refractivity contribution in [3.63, 3.8) is 0 Å². The first-order valence-electron chi connectivity index (χ1n) is 6.42. The van der Waals surface area contributed by atoms with Crippen LogP contribution in [0, 0.1) is 0 Å². The summed E-state index contributed by atoms with van der Waals surface area (Å²) in [5, 5.41) is 0. The number of rotatable bonds is 2. The molecule has 2 aliphatic carbocycles. The van der Waals surface area contributed by atoms with E-state index in [9.17, 15) is 0 Å². The zero-order valence-electron chi connectivity index (χ0n) is 11.6. The lowest BCUT2D eigenvalue weighted by Gasteiger charge is -2.01. The summed E-state index contributed by atoms with van der Waals surface area (Å²) < 4.78 is 0. The second-order valence-electron chi connectivity index (χ2n) is 5.31. The minimum absolute atomic E-state index is 1.10. The molecule has 0 saturated heterocycles. The molecular formula is C17H22. The van der Waals surface area contributed by atoms with E-state index in [1.807, 2.05) is 0 Å². The fraction of sp³-hybridized carbons (Fsp3) is 0.412. The smallest absolute Gasteiger partial charge is 0.00613 e. The zero-order valence-corrected chi connectivity index (χ0v) is 11.6. The molecule has 0 N–H and O–H groups in total. The van der Waals surface area contributed by atoms with Crippen LogP contribution in [0.1, 0.15) is 47.5 Å². The Morgan fingerprint density at radius 2 is 1.47 bits per heavy atom. The molecule has 0 aromatic heterocycles. The normalized spacial score (nSPS) is 21.4. The Morgan fingerprint density at radius 3 is 1.94 bits per heavy atom. The van der Waals surface area contributed by atoms with Crippen LogP contribution in [0.3, 0.4) is 0 Å². The highest BCUT2D eigenvalue weighted by molar-refractivity contribution is 5.51. The van der Waals surface area contributed by atoms with Crippen LogP contribution in [-0.4, -0.2) is 0 Å². The number of hydrogen-bond donors (Lipinski definition) is 0. The van der Waals surface area contributed by atoms with Gasteiger partial charge in [0, 0.05) is 0 Å². The lowest BCUT2D eigenvalue weighted by Crippen LogP contribution is -1.81. The van der Waals surface area contributed by atoms with Crippen molar-refractivity contribution in [2.24, 2.45) is 0 Å². The van der Waals surface area contributed by atoms with E-state index in [1.165, 1.54) is 39.0 Å². The van der Waals surface area contributed by atoms with E-state index in [0.29, 0.717) is 0 Å². The largest absolute Gasteiger partial charge is 0.0769 e. The Morgan fingerprint density at radius 1 is 0.824 bits per heavy atom. The van der Waals surface area contributed by atoms with E-state index in [4.69, 9.17) is 0 Å². The Hall–Kier alpha value is -1.30. The van der Waals surface area contributed by atoms with Crippen LogP contribution in [0.25, 0.3) is 0 Å². The first kappa shape index (κ1) is 12.2. The molecule has 0 aromatic carbocycles. The Bertz CT molecular complexity index is 502. The molecule has 0 spiro atoms. The molecule has 0 atom stereocenters. The molecule has 0 unspecified atom stereocenters. The van der Waals surface area contributed by atoms with Crippen molar-refractivity contribution in [1.29, 1.82) is 0 Å². The fourth-order valence-corrected chi connectivity index (χ4v) is 2.51. The van der Waals surface area contributed by atoms with Crippen molar-refractivity contribution in [1.82, 2.24) is 0 Å². The van der Waals surface area contributed by atoms with E-state index in [0.717, 1.165) is 12.8 Å². The van der Waals surface area contributed by atoms with Gasteiger partial charge in [0.25, 0.3) is 0 Å². The van der Waals surface area contributed by atoms with Crippen molar-refractivity contribution >= 4 is 0 Å². The first-order valence-corrected chi connectivity index (χ1v) is 6.42. The molecule has 0 saturated carbocycles. The maximum absolute atomic E-state index is 2.32. The highest BCUT2D eigenvalue weighted by Crippen LogP contribution is 2.33. The van der Waals surface area contributed by atoms with Crippen LogP contribution < -0.4 is 0 Å². The second-order valence-corrected chi connectivity index (χ2v) is 5.31. The van der Waals surface area contributed by atoms with Gasteiger partial charge in [0.2, 0.25) is 0 Å². The lowest BCUT2D eigenvalue weighted by atomic mass is 10.0. The summed E-state index contributed by atoms with van der Waals surface area (Å²) >= 11 is 0. The second kappa shape index (κ2) is 4.52. The van der Waals surface area contributed by atoms with Gasteiger partial charge < -0.3 is 0 Å². The summed E-state index contributed by atoms with van der Waals surface area (Å²) in [6, 6.07) is 0.